The second kappa shape index (κ2) is 7.05. The smallest absolute Gasteiger partial charge is 0.321 e. The van der Waals surface area contributed by atoms with Crippen molar-refractivity contribution in [2.45, 2.75) is 13.8 Å². The summed E-state index contributed by atoms with van der Waals surface area (Å²) in [4.78, 5) is 24.8. The van der Waals surface area contributed by atoms with Crippen LogP contribution in [0.3, 0.4) is 0 Å². The van der Waals surface area contributed by atoms with Crippen LogP contribution in [0.15, 0.2) is 30.6 Å². The third-order valence-electron chi connectivity index (χ3n) is 4.10. The number of carbonyl (C=O) groups excluding carboxylic acids is 1. The number of rotatable bonds is 2. The number of piperazine rings is 1. The average Bonchev–Trinajstić information content (AvgIpc) is 2.58. The molecule has 3 rings (SSSR count). The lowest BCUT2D eigenvalue weighted by atomic mass is 10.2. The first-order valence-corrected chi connectivity index (χ1v) is 8.26. The Balaban J connectivity index is 1.58. The normalized spacial score (nSPS) is 14.6. The van der Waals surface area contributed by atoms with Crippen LogP contribution in [0.25, 0.3) is 0 Å². The third-order valence-corrected chi connectivity index (χ3v) is 4.51. The molecule has 6 nitrogen and oxygen atoms in total. The molecule has 24 heavy (non-hydrogen) atoms. The van der Waals surface area contributed by atoms with E-state index >= 15 is 0 Å². The van der Waals surface area contributed by atoms with Crippen LogP contribution in [0, 0.1) is 13.8 Å². The Morgan fingerprint density at radius 3 is 2.54 bits per heavy atom. The maximum absolute atomic E-state index is 12.4. The summed E-state index contributed by atoms with van der Waals surface area (Å²) in [6, 6.07) is 7.39. The lowest BCUT2D eigenvalue weighted by Gasteiger charge is -2.35. The molecule has 1 aliphatic heterocycles. The van der Waals surface area contributed by atoms with Crippen molar-refractivity contribution in [3.63, 3.8) is 0 Å². The molecule has 1 aromatic heterocycles. The van der Waals surface area contributed by atoms with Crippen molar-refractivity contribution in [1.82, 2.24) is 14.9 Å². The van der Waals surface area contributed by atoms with E-state index in [9.17, 15) is 4.79 Å². The van der Waals surface area contributed by atoms with Crippen molar-refractivity contribution in [1.29, 1.82) is 0 Å². The number of halogens is 1. The molecule has 0 radical (unpaired) electrons. The highest BCUT2D eigenvalue weighted by atomic mass is 35.5. The number of amides is 2. The van der Waals surface area contributed by atoms with Gasteiger partial charge >= 0.3 is 6.03 Å². The zero-order chi connectivity index (χ0) is 17.1. The maximum Gasteiger partial charge on any atom is 0.321 e. The molecule has 1 aliphatic rings. The summed E-state index contributed by atoms with van der Waals surface area (Å²) in [5.41, 5.74) is 2.64. The van der Waals surface area contributed by atoms with Crippen molar-refractivity contribution in [3.05, 3.63) is 46.9 Å². The molecular weight excluding hydrogens is 326 g/mol. The van der Waals surface area contributed by atoms with Crippen LogP contribution in [0.5, 0.6) is 0 Å². The molecule has 2 aromatic rings. The van der Waals surface area contributed by atoms with Crippen LogP contribution in [0.4, 0.5) is 16.3 Å². The minimum atomic E-state index is -0.103. The molecule has 126 valence electrons. The van der Waals surface area contributed by atoms with Crippen LogP contribution in [-0.2, 0) is 0 Å². The highest BCUT2D eigenvalue weighted by Crippen LogP contribution is 2.20. The van der Waals surface area contributed by atoms with Crippen LogP contribution < -0.4 is 10.2 Å². The van der Waals surface area contributed by atoms with E-state index in [1.165, 1.54) is 0 Å². The van der Waals surface area contributed by atoms with E-state index in [1.807, 2.05) is 32.0 Å². The highest BCUT2D eigenvalue weighted by molar-refractivity contribution is 6.31. The molecule has 1 N–H and O–H groups in total. The van der Waals surface area contributed by atoms with Gasteiger partial charge in [-0.3, -0.25) is 0 Å². The van der Waals surface area contributed by atoms with E-state index in [4.69, 9.17) is 11.6 Å². The second-order valence-electron chi connectivity index (χ2n) is 5.89. The number of hydrogen-bond donors (Lipinski definition) is 1. The van der Waals surface area contributed by atoms with E-state index in [2.05, 4.69) is 20.2 Å². The number of hydrogen-bond acceptors (Lipinski definition) is 4. The fraction of sp³-hybridized carbons (Fsp3) is 0.353. The second-order valence-corrected chi connectivity index (χ2v) is 6.29. The zero-order valence-corrected chi connectivity index (χ0v) is 14.5. The minimum absolute atomic E-state index is 0.103. The quantitative estimate of drug-likeness (QED) is 0.908. The predicted molar refractivity (Wildman–Crippen MR) is 95.8 cm³/mol. The van der Waals surface area contributed by atoms with Gasteiger partial charge in [-0.1, -0.05) is 17.7 Å². The Labute approximate surface area is 146 Å². The molecule has 1 saturated heterocycles. The summed E-state index contributed by atoms with van der Waals surface area (Å²) in [6.45, 7) is 6.67. The number of carbonyl (C=O) groups is 1. The topological polar surface area (TPSA) is 61.4 Å². The number of nitrogens with one attached hydrogen (secondary N) is 1. The van der Waals surface area contributed by atoms with Crippen molar-refractivity contribution in [2.75, 3.05) is 36.4 Å². The molecule has 1 aromatic carbocycles. The summed E-state index contributed by atoms with van der Waals surface area (Å²) < 4.78 is 0. The highest BCUT2D eigenvalue weighted by Gasteiger charge is 2.22. The van der Waals surface area contributed by atoms with Gasteiger partial charge in [0.15, 0.2) is 0 Å². The van der Waals surface area contributed by atoms with Crippen LogP contribution in [-0.4, -0.2) is 47.1 Å². The van der Waals surface area contributed by atoms with E-state index in [0.29, 0.717) is 23.8 Å². The largest absolute Gasteiger partial charge is 0.353 e. The minimum Gasteiger partial charge on any atom is -0.353 e. The van der Waals surface area contributed by atoms with Gasteiger partial charge in [0, 0.05) is 48.6 Å². The molecule has 7 heteroatoms. The molecule has 0 saturated carbocycles. The van der Waals surface area contributed by atoms with E-state index < -0.39 is 0 Å². The lowest BCUT2D eigenvalue weighted by Crippen LogP contribution is -2.50. The van der Waals surface area contributed by atoms with Gasteiger partial charge in [0.25, 0.3) is 0 Å². The zero-order valence-electron chi connectivity index (χ0n) is 13.8. The summed E-state index contributed by atoms with van der Waals surface area (Å²) in [7, 11) is 0. The summed E-state index contributed by atoms with van der Waals surface area (Å²) >= 11 is 6.10. The molecule has 0 spiro atoms. The Morgan fingerprint density at radius 2 is 1.88 bits per heavy atom. The summed E-state index contributed by atoms with van der Waals surface area (Å²) in [5, 5.41) is 3.55. The Kier molecular flexibility index (Phi) is 4.85. The van der Waals surface area contributed by atoms with Gasteiger partial charge < -0.3 is 15.1 Å². The third kappa shape index (κ3) is 3.76. The van der Waals surface area contributed by atoms with Crippen molar-refractivity contribution < 1.29 is 4.79 Å². The van der Waals surface area contributed by atoms with Gasteiger partial charge in [-0.2, -0.15) is 0 Å². The van der Waals surface area contributed by atoms with Gasteiger partial charge in [0.05, 0.1) is 0 Å². The molecule has 0 bridgehead atoms. The Hall–Kier alpha value is -2.34. The van der Waals surface area contributed by atoms with Gasteiger partial charge in [-0.15, -0.1) is 0 Å². The number of nitrogens with zero attached hydrogens (tertiary/aromatic N) is 4. The standard InChI is InChI=1S/C17H20ClN5O/c1-12-3-4-14(10-15(12)18)21-17(24)23-7-5-22(6-8-23)16-9-13(2)19-11-20-16/h3-4,9-11H,5-8H2,1-2H3,(H,21,24). The van der Waals surface area contributed by atoms with E-state index in [-0.39, 0.29) is 6.03 Å². The monoisotopic (exact) mass is 345 g/mol. The fourth-order valence-electron chi connectivity index (χ4n) is 2.63. The van der Waals surface area contributed by atoms with Crippen molar-refractivity contribution in [3.8, 4) is 0 Å². The van der Waals surface area contributed by atoms with Gasteiger partial charge in [0.2, 0.25) is 0 Å². The molecule has 1 fully saturated rings. The summed E-state index contributed by atoms with van der Waals surface area (Å²) in [5.74, 6) is 0.910. The average molecular weight is 346 g/mol. The molecule has 2 amide bonds. The number of benzene rings is 1. The first-order chi connectivity index (χ1) is 11.5. The van der Waals surface area contributed by atoms with Crippen LogP contribution in [0.1, 0.15) is 11.3 Å². The molecule has 0 unspecified atom stereocenters. The van der Waals surface area contributed by atoms with Gasteiger partial charge in [-0.25, -0.2) is 14.8 Å². The first-order valence-electron chi connectivity index (χ1n) is 7.88. The predicted octanol–water partition coefficient (Wildman–Crippen LogP) is 3.10. The van der Waals surface area contributed by atoms with Gasteiger partial charge in [-0.05, 0) is 31.5 Å². The molecule has 2 heterocycles. The maximum atomic E-state index is 12.4. The SMILES string of the molecule is Cc1cc(N2CCN(C(=O)Nc3ccc(C)c(Cl)c3)CC2)ncn1. The van der Waals surface area contributed by atoms with Crippen LogP contribution in [0.2, 0.25) is 5.02 Å². The molecule has 0 atom stereocenters. The number of aromatic nitrogens is 2. The lowest BCUT2D eigenvalue weighted by molar-refractivity contribution is 0.208. The number of aryl methyl sites for hydroxylation is 2. The first kappa shape index (κ1) is 16.5. The van der Waals surface area contributed by atoms with E-state index in [1.54, 1.807) is 17.3 Å². The Morgan fingerprint density at radius 1 is 1.12 bits per heavy atom. The van der Waals surface area contributed by atoms with Gasteiger partial charge in [0.1, 0.15) is 12.1 Å². The fourth-order valence-corrected chi connectivity index (χ4v) is 2.81. The van der Waals surface area contributed by atoms with Crippen molar-refractivity contribution >= 4 is 29.1 Å². The van der Waals surface area contributed by atoms with Crippen molar-refractivity contribution in [2.24, 2.45) is 0 Å². The number of urea groups is 1. The Bertz CT molecular complexity index is 744. The molecular formula is C17H20ClN5O. The summed E-state index contributed by atoms with van der Waals surface area (Å²) in [6.07, 6.45) is 1.57. The van der Waals surface area contributed by atoms with Crippen LogP contribution >= 0.6 is 11.6 Å². The number of anilines is 2. The van der Waals surface area contributed by atoms with E-state index in [0.717, 1.165) is 30.2 Å². The molecule has 0 aliphatic carbocycles.